The maximum atomic E-state index is 3.39. The number of hydrogen-bond acceptors (Lipinski definition) is 1. The van der Waals surface area contributed by atoms with Crippen LogP contribution in [0.2, 0.25) is 0 Å². The summed E-state index contributed by atoms with van der Waals surface area (Å²) >= 11 is 0. The Morgan fingerprint density at radius 1 is 1.29 bits per heavy atom. The van der Waals surface area contributed by atoms with Gasteiger partial charge in [0.1, 0.15) is 0 Å². The fraction of sp³-hybridized carbons (Fsp3) is 0.538. The van der Waals surface area contributed by atoms with E-state index in [1.54, 1.807) is 0 Å². The number of aryl methyl sites for hydroxylation is 1. The van der Waals surface area contributed by atoms with Gasteiger partial charge in [0, 0.05) is 6.54 Å². The molecule has 1 heterocycles. The van der Waals surface area contributed by atoms with Crippen molar-refractivity contribution < 1.29 is 0 Å². The van der Waals surface area contributed by atoms with Gasteiger partial charge in [-0.1, -0.05) is 37.6 Å². The van der Waals surface area contributed by atoms with Crippen molar-refractivity contribution in [2.24, 2.45) is 0 Å². The number of unbranched alkanes of at least 4 members (excludes halogenated alkanes) is 1. The number of rotatable bonds is 4. The zero-order valence-corrected chi connectivity index (χ0v) is 9.14. The van der Waals surface area contributed by atoms with Crippen molar-refractivity contribution in [2.75, 3.05) is 6.54 Å². The van der Waals surface area contributed by atoms with Gasteiger partial charge in [-0.2, -0.15) is 0 Å². The minimum absolute atomic E-state index is 0.281. The molecule has 1 aromatic carbocycles. The quantitative estimate of drug-likeness (QED) is 0.723. The van der Waals surface area contributed by atoms with Crippen LogP contribution in [0.3, 0.4) is 0 Å². The molecule has 1 aromatic rings. The van der Waals surface area contributed by atoms with Crippen LogP contribution in [-0.2, 0) is 12.0 Å². The normalized spacial score (nSPS) is 25.0. The van der Waals surface area contributed by atoms with Gasteiger partial charge >= 0.3 is 0 Å². The molecule has 0 radical (unpaired) electrons. The van der Waals surface area contributed by atoms with Crippen molar-refractivity contribution in [3.63, 3.8) is 0 Å². The molecule has 0 aromatic heterocycles. The molecule has 0 amide bonds. The molecular weight excluding hydrogens is 170 g/mol. The molecular formula is C13H19N. The number of benzene rings is 1. The molecule has 1 unspecified atom stereocenters. The summed E-state index contributed by atoms with van der Waals surface area (Å²) in [4.78, 5) is 0. The molecule has 0 spiro atoms. The van der Waals surface area contributed by atoms with E-state index in [9.17, 15) is 0 Å². The van der Waals surface area contributed by atoms with Crippen LogP contribution in [0.1, 0.15) is 37.8 Å². The van der Waals surface area contributed by atoms with E-state index in [4.69, 9.17) is 0 Å². The Labute approximate surface area is 86.5 Å². The Morgan fingerprint density at radius 2 is 1.93 bits per heavy atom. The molecule has 0 saturated carbocycles. The maximum Gasteiger partial charge on any atom is 0.0533 e. The van der Waals surface area contributed by atoms with Crippen molar-refractivity contribution in [1.82, 2.24) is 5.32 Å². The summed E-state index contributed by atoms with van der Waals surface area (Å²) in [6, 6.07) is 9.09. The van der Waals surface area contributed by atoms with Crippen LogP contribution in [0, 0.1) is 0 Å². The fourth-order valence-electron chi connectivity index (χ4n) is 1.76. The first-order valence-corrected chi connectivity index (χ1v) is 5.59. The first-order valence-electron chi connectivity index (χ1n) is 5.59. The van der Waals surface area contributed by atoms with E-state index < -0.39 is 0 Å². The van der Waals surface area contributed by atoms with Crippen molar-refractivity contribution in [3.8, 4) is 0 Å². The molecule has 1 nitrogen and oxygen atoms in total. The highest BCUT2D eigenvalue weighted by atomic mass is 15.1. The first kappa shape index (κ1) is 9.72. The standard InChI is InChI=1S/C13H19N/c1-3-4-5-11-6-8-12(9-7-11)13(2)10-14-13/h6-9,14H,3-5,10H2,1-2H3. The Morgan fingerprint density at radius 3 is 2.43 bits per heavy atom. The third-order valence-electron chi connectivity index (χ3n) is 3.12. The fourth-order valence-corrected chi connectivity index (χ4v) is 1.76. The van der Waals surface area contributed by atoms with E-state index in [-0.39, 0.29) is 5.54 Å². The molecule has 0 bridgehead atoms. The van der Waals surface area contributed by atoms with Crippen LogP contribution in [0.4, 0.5) is 0 Å². The lowest BCUT2D eigenvalue weighted by molar-refractivity contribution is 0.759. The Bertz CT molecular complexity index is 296. The second-order valence-electron chi connectivity index (χ2n) is 4.49. The van der Waals surface area contributed by atoms with Gasteiger partial charge in [0.2, 0.25) is 0 Å². The van der Waals surface area contributed by atoms with Crippen molar-refractivity contribution in [1.29, 1.82) is 0 Å². The predicted molar refractivity (Wildman–Crippen MR) is 60.4 cm³/mol. The molecule has 1 heteroatoms. The van der Waals surface area contributed by atoms with Gasteiger partial charge in [0.05, 0.1) is 5.54 Å². The molecule has 1 fully saturated rings. The Kier molecular flexibility index (Phi) is 2.60. The van der Waals surface area contributed by atoms with Crippen molar-refractivity contribution in [3.05, 3.63) is 35.4 Å². The van der Waals surface area contributed by atoms with E-state index in [0.717, 1.165) is 6.54 Å². The minimum atomic E-state index is 0.281. The second-order valence-corrected chi connectivity index (χ2v) is 4.49. The van der Waals surface area contributed by atoms with Crippen molar-refractivity contribution in [2.45, 2.75) is 38.6 Å². The highest BCUT2D eigenvalue weighted by molar-refractivity contribution is 5.32. The van der Waals surface area contributed by atoms with E-state index in [1.165, 1.54) is 30.4 Å². The minimum Gasteiger partial charge on any atom is -0.304 e. The molecule has 14 heavy (non-hydrogen) atoms. The SMILES string of the molecule is CCCCc1ccc(C2(C)CN2)cc1. The predicted octanol–water partition coefficient (Wildman–Crippen LogP) is 2.85. The molecule has 1 saturated heterocycles. The van der Waals surface area contributed by atoms with Crippen molar-refractivity contribution >= 4 is 0 Å². The third kappa shape index (κ3) is 1.98. The number of hydrogen-bond donors (Lipinski definition) is 1. The highest BCUT2D eigenvalue weighted by Gasteiger charge is 2.37. The van der Waals surface area contributed by atoms with Gasteiger partial charge in [-0.25, -0.2) is 0 Å². The summed E-state index contributed by atoms with van der Waals surface area (Å²) < 4.78 is 0. The first-order chi connectivity index (χ1) is 6.74. The zero-order valence-electron chi connectivity index (χ0n) is 9.14. The van der Waals surface area contributed by atoms with E-state index in [0.29, 0.717) is 0 Å². The van der Waals surface area contributed by atoms with Crippen LogP contribution in [0.25, 0.3) is 0 Å². The van der Waals surface area contributed by atoms with Gasteiger partial charge in [-0.3, -0.25) is 0 Å². The van der Waals surface area contributed by atoms with E-state index in [1.807, 2.05) is 0 Å². The molecule has 0 aliphatic carbocycles. The monoisotopic (exact) mass is 189 g/mol. The average molecular weight is 189 g/mol. The third-order valence-corrected chi connectivity index (χ3v) is 3.12. The lowest BCUT2D eigenvalue weighted by Crippen LogP contribution is -2.06. The largest absolute Gasteiger partial charge is 0.304 e. The Balaban J connectivity index is 2.03. The lowest BCUT2D eigenvalue weighted by atomic mass is 9.98. The van der Waals surface area contributed by atoms with Gasteiger partial charge in [-0.15, -0.1) is 0 Å². The molecule has 1 aliphatic rings. The Hall–Kier alpha value is -0.820. The molecule has 76 valence electrons. The summed E-state index contributed by atoms with van der Waals surface area (Å²) in [7, 11) is 0. The van der Waals surface area contributed by atoms with Crippen LogP contribution >= 0.6 is 0 Å². The summed E-state index contributed by atoms with van der Waals surface area (Å²) in [6.07, 6.45) is 3.80. The topological polar surface area (TPSA) is 21.9 Å². The molecule has 1 aliphatic heterocycles. The molecule has 2 rings (SSSR count). The summed E-state index contributed by atoms with van der Waals surface area (Å²) in [5.74, 6) is 0. The lowest BCUT2D eigenvalue weighted by Gasteiger charge is -2.08. The van der Waals surface area contributed by atoms with E-state index >= 15 is 0 Å². The summed E-state index contributed by atoms with van der Waals surface area (Å²) in [5, 5.41) is 3.39. The smallest absolute Gasteiger partial charge is 0.0533 e. The second kappa shape index (κ2) is 3.74. The summed E-state index contributed by atoms with van der Waals surface area (Å²) in [6.45, 7) is 5.62. The van der Waals surface area contributed by atoms with Crippen LogP contribution in [0.5, 0.6) is 0 Å². The maximum absolute atomic E-state index is 3.39. The van der Waals surface area contributed by atoms with Crippen LogP contribution in [-0.4, -0.2) is 6.54 Å². The highest BCUT2D eigenvalue weighted by Crippen LogP contribution is 2.29. The molecule has 1 N–H and O–H groups in total. The molecule has 1 atom stereocenters. The van der Waals surface area contributed by atoms with Gasteiger partial charge in [0.25, 0.3) is 0 Å². The number of nitrogens with one attached hydrogen (secondary N) is 1. The van der Waals surface area contributed by atoms with Gasteiger partial charge in [0.15, 0.2) is 0 Å². The average Bonchev–Trinajstić information content (AvgIpc) is 2.96. The van der Waals surface area contributed by atoms with Crippen LogP contribution in [0.15, 0.2) is 24.3 Å². The summed E-state index contributed by atoms with van der Waals surface area (Å²) in [5.41, 5.74) is 3.18. The van der Waals surface area contributed by atoms with Gasteiger partial charge in [-0.05, 0) is 30.9 Å². The van der Waals surface area contributed by atoms with Gasteiger partial charge < -0.3 is 5.32 Å². The van der Waals surface area contributed by atoms with E-state index in [2.05, 4.69) is 43.4 Å². The van der Waals surface area contributed by atoms with Crippen LogP contribution < -0.4 is 5.32 Å². The zero-order chi connectivity index (χ0) is 10.0.